The van der Waals surface area contributed by atoms with Gasteiger partial charge < -0.3 is 9.84 Å². The zero-order valence-electron chi connectivity index (χ0n) is 16.5. The molecule has 0 aliphatic carbocycles. The van der Waals surface area contributed by atoms with Crippen LogP contribution < -0.4 is 4.74 Å². The highest BCUT2D eigenvalue weighted by Gasteiger charge is 2.15. The number of benzene rings is 2. The van der Waals surface area contributed by atoms with E-state index in [4.69, 9.17) is 39.5 Å². The minimum atomic E-state index is 0.106. The standard InChI is InChI=1S/C23H23Cl3N2O2/c24-19-6-4-16(14-21(19)26)18-8-11-28(23(18)29)17-5-7-20(25)22(15-17)30-13-12-27-9-2-1-3-10-27/h4-8,11,14-15,29H,1-3,9-10,12-13H2. The third-order valence-corrected chi connectivity index (χ3v) is 6.45. The molecule has 1 saturated heterocycles. The Morgan fingerprint density at radius 2 is 1.63 bits per heavy atom. The van der Waals surface area contributed by atoms with Crippen molar-refractivity contribution in [2.45, 2.75) is 19.3 Å². The van der Waals surface area contributed by atoms with Gasteiger partial charge in [0.25, 0.3) is 0 Å². The molecule has 0 amide bonds. The third-order valence-electron chi connectivity index (χ3n) is 5.40. The lowest BCUT2D eigenvalue weighted by atomic mass is 10.1. The van der Waals surface area contributed by atoms with Gasteiger partial charge in [0.1, 0.15) is 12.4 Å². The Labute approximate surface area is 191 Å². The summed E-state index contributed by atoms with van der Waals surface area (Å²) in [6.45, 7) is 3.73. The Kier molecular flexibility index (Phi) is 6.79. The first-order chi connectivity index (χ1) is 14.5. The fraction of sp³-hybridized carbons (Fsp3) is 0.304. The molecule has 1 aliphatic heterocycles. The number of aromatic hydroxyl groups is 1. The Morgan fingerprint density at radius 3 is 2.40 bits per heavy atom. The highest BCUT2D eigenvalue weighted by molar-refractivity contribution is 6.42. The lowest BCUT2D eigenvalue weighted by molar-refractivity contribution is 0.183. The Hall–Kier alpha value is -1.85. The number of aromatic nitrogens is 1. The maximum Gasteiger partial charge on any atom is 0.203 e. The van der Waals surface area contributed by atoms with Gasteiger partial charge in [-0.25, -0.2) is 0 Å². The van der Waals surface area contributed by atoms with Crippen molar-refractivity contribution in [2.75, 3.05) is 26.2 Å². The van der Waals surface area contributed by atoms with Gasteiger partial charge in [0.15, 0.2) is 0 Å². The van der Waals surface area contributed by atoms with Crippen LogP contribution in [0.2, 0.25) is 15.1 Å². The molecule has 30 heavy (non-hydrogen) atoms. The van der Waals surface area contributed by atoms with E-state index in [1.165, 1.54) is 19.3 Å². The molecule has 1 aromatic heterocycles. The molecule has 3 aromatic rings. The number of hydrogen-bond acceptors (Lipinski definition) is 3. The van der Waals surface area contributed by atoms with E-state index in [1.54, 1.807) is 29.0 Å². The number of ether oxygens (including phenoxy) is 1. The molecule has 0 spiro atoms. The van der Waals surface area contributed by atoms with Gasteiger partial charge >= 0.3 is 0 Å². The normalized spacial score (nSPS) is 14.8. The zero-order valence-corrected chi connectivity index (χ0v) is 18.7. The van der Waals surface area contributed by atoms with E-state index in [0.29, 0.717) is 33.0 Å². The van der Waals surface area contributed by atoms with Crippen LogP contribution in [-0.4, -0.2) is 40.8 Å². The van der Waals surface area contributed by atoms with Crippen LogP contribution in [0.15, 0.2) is 48.7 Å². The van der Waals surface area contributed by atoms with Gasteiger partial charge in [0.2, 0.25) is 5.88 Å². The number of nitrogens with zero attached hydrogens (tertiary/aromatic N) is 2. The molecule has 0 saturated carbocycles. The summed E-state index contributed by atoms with van der Waals surface area (Å²) in [5.74, 6) is 0.713. The fourth-order valence-electron chi connectivity index (χ4n) is 3.74. The second kappa shape index (κ2) is 9.52. The third kappa shape index (κ3) is 4.73. The van der Waals surface area contributed by atoms with Gasteiger partial charge in [-0.2, -0.15) is 0 Å². The molecule has 1 N–H and O–H groups in total. The Bertz CT molecular complexity index is 1030. The minimum Gasteiger partial charge on any atom is -0.494 e. The molecular formula is C23H23Cl3N2O2. The predicted molar refractivity (Wildman–Crippen MR) is 124 cm³/mol. The SMILES string of the molecule is Oc1c(-c2ccc(Cl)c(Cl)c2)ccn1-c1ccc(Cl)c(OCCN2CCCCC2)c1. The lowest BCUT2D eigenvalue weighted by Crippen LogP contribution is -2.33. The average Bonchev–Trinajstić information content (AvgIpc) is 3.13. The maximum absolute atomic E-state index is 10.8. The van der Waals surface area contributed by atoms with Gasteiger partial charge in [0, 0.05) is 24.4 Å². The van der Waals surface area contributed by atoms with Crippen molar-refractivity contribution in [1.82, 2.24) is 9.47 Å². The Balaban J connectivity index is 1.52. The number of hydrogen-bond donors (Lipinski definition) is 1. The quantitative estimate of drug-likeness (QED) is 0.441. The summed E-state index contributed by atoms with van der Waals surface area (Å²) in [4.78, 5) is 2.42. The zero-order chi connectivity index (χ0) is 21.1. The van der Waals surface area contributed by atoms with Gasteiger partial charge in [-0.3, -0.25) is 9.47 Å². The topological polar surface area (TPSA) is 37.6 Å². The first kappa shape index (κ1) is 21.4. The molecule has 0 unspecified atom stereocenters. The van der Waals surface area contributed by atoms with Crippen LogP contribution in [0.5, 0.6) is 11.6 Å². The van der Waals surface area contributed by atoms with Gasteiger partial charge in [0.05, 0.1) is 20.8 Å². The lowest BCUT2D eigenvalue weighted by Gasteiger charge is -2.26. The van der Waals surface area contributed by atoms with Crippen LogP contribution >= 0.6 is 34.8 Å². The maximum atomic E-state index is 10.8. The van der Waals surface area contributed by atoms with Crippen LogP contribution in [0.4, 0.5) is 0 Å². The summed E-state index contributed by atoms with van der Waals surface area (Å²) in [6.07, 6.45) is 5.62. The molecule has 1 aliphatic rings. The number of likely N-dealkylation sites (tertiary alicyclic amines) is 1. The smallest absolute Gasteiger partial charge is 0.203 e. The molecule has 158 valence electrons. The highest BCUT2D eigenvalue weighted by atomic mass is 35.5. The summed E-state index contributed by atoms with van der Waals surface area (Å²) in [6, 6.07) is 12.6. The van der Waals surface area contributed by atoms with Crippen molar-refractivity contribution in [1.29, 1.82) is 0 Å². The summed E-state index contributed by atoms with van der Waals surface area (Å²) in [7, 11) is 0. The van der Waals surface area contributed by atoms with E-state index in [1.807, 2.05) is 24.3 Å². The molecule has 1 fully saturated rings. The predicted octanol–water partition coefficient (Wildman–Crippen LogP) is 6.67. The van der Waals surface area contributed by atoms with Gasteiger partial charge in [-0.05, 0) is 61.8 Å². The number of piperidine rings is 1. The van der Waals surface area contributed by atoms with Crippen LogP contribution in [0.3, 0.4) is 0 Å². The van der Waals surface area contributed by atoms with Crippen LogP contribution in [0, 0.1) is 0 Å². The number of halogens is 3. The fourth-order valence-corrected chi connectivity index (χ4v) is 4.21. The molecule has 4 nitrogen and oxygen atoms in total. The minimum absolute atomic E-state index is 0.106. The molecule has 0 bridgehead atoms. The molecule has 7 heteroatoms. The van der Waals surface area contributed by atoms with E-state index in [-0.39, 0.29) is 5.88 Å². The van der Waals surface area contributed by atoms with Crippen LogP contribution in [0.1, 0.15) is 19.3 Å². The molecule has 2 heterocycles. The van der Waals surface area contributed by atoms with Crippen molar-refractivity contribution in [3.63, 3.8) is 0 Å². The molecule has 0 atom stereocenters. The molecular weight excluding hydrogens is 443 g/mol. The Morgan fingerprint density at radius 1 is 0.867 bits per heavy atom. The van der Waals surface area contributed by atoms with E-state index in [0.717, 1.165) is 30.9 Å². The summed E-state index contributed by atoms with van der Waals surface area (Å²) in [5, 5.41) is 12.3. The number of rotatable bonds is 6. The average molecular weight is 466 g/mol. The van der Waals surface area contributed by atoms with Crippen molar-refractivity contribution in [3.05, 3.63) is 63.7 Å². The monoisotopic (exact) mass is 464 g/mol. The first-order valence-corrected chi connectivity index (χ1v) is 11.2. The van der Waals surface area contributed by atoms with Crippen molar-refractivity contribution >= 4 is 34.8 Å². The largest absolute Gasteiger partial charge is 0.494 e. The summed E-state index contributed by atoms with van der Waals surface area (Å²) in [5.41, 5.74) is 2.21. The second-order valence-corrected chi connectivity index (χ2v) is 8.64. The summed E-state index contributed by atoms with van der Waals surface area (Å²) >= 11 is 18.5. The van der Waals surface area contributed by atoms with E-state index in [2.05, 4.69) is 4.90 Å². The molecule has 2 aromatic carbocycles. The van der Waals surface area contributed by atoms with Crippen molar-refractivity contribution < 1.29 is 9.84 Å². The first-order valence-electron chi connectivity index (χ1n) is 10.0. The van der Waals surface area contributed by atoms with Gasteiger partial charge in [-0.1, -0.05) is 47.3 Å². The van der Waals surface area contributed by atoms with Crippen molar-refractivity contribution in [2.24, 2.45) is 0 Å². The van der Waals surface area contributed by atoms with Crippen molar-refractivity contribution in [3.8, 4) is 28.4 Å². The second-order valence-electron chi connectivity index (χ2n) is 7.42. The van der Waals surface area contributed by atoms with Crippen LogP contribution in [0.25, 0.3) is 16.8 Å². The molecule has 4 rings (SSSR count). The molecule has 0 radical (unpaired) electrons. The van der Waals surface area contributed by atoms with E-state index >= 15 is 0 Å². The van der Waals surface area contributed by atoms with E-state index in [9.17, 15) is 5.11 Å². The van der Waals surface area contributed by atoms with Gasteiger partial charge in [-0.15, -0.1) is 0 Å². The summed E-state index contributed by atoms with van der Waals surface area (Å²) < 4.78 is 7.65. The van der Waals surface area contributed by atoms with E-state index < -0.39 is 0 Å². The van der Waals surface area contributed by atoms with Crippen LogP contribution in [-0.2, 0) is 0 Å². The highest BCUT2D eigenvalue weighted by Crippen LogP contribution is 2.37.